The van der Waals surface area contributed by atoms with Crippen molar-refractivity contribution in [1.82, 2.24) is 0 Å². The highest BCUT2D eigenvalue weighted by atomic mass is 79.9. The van der Waals surface area contributed by atoms with E-state index in [-0.39, 0.29) is 0 Å². The summed E-state index contributed by atoms with van der Waals surface area (Å²) in [6.07, 6.45) is -3.96. The van der Waals surface area contributed by atoms with Gasteiger partial charge in [0.05, 0.1) is 22.8 Å². The highest BCUT2D eigenvalue weighted by molar-refractivity contribution is 9.09. The average molecular weight is 539 g/mol. The number of esters is 3. The number of ether oxygens (including phenoxy) is 4. The highest BCUT2D eigenvalue weighted by Crippen LogP contribution is 2.32. The number of alkyl halides is 1. The fourth-order valence-electron chi connectivity index (χ4n) is 3.68. The molecular formula is C27H23BrO7. The van der Waals surface area contributed by atoms with Gasteiger partial charge >= 0.3 is 17.9 Å². The van der Waals surface area contributed by atoms with Crippen molar-refractivity contribution in [2.45, 2.75) is 36.4 Å². The minimum Gasteiger partial charge on any atom is -0.452 e. The fraction of sp³-hybridized carbons (Fsp3) is 0.222. The summed E-state index contributed by atoms with van der Waals surface area (Å²) >= 11 is 3.39. The summed E-state index contributed by atoms with van der Waals surface area (Å²) in [6.45, 7) is 1.69. The second-order valence-electron chi connectivity index (χ2n) is 7.90. The molecule has 0 unspecified atom stereocenters. The lowest BCUT2D eigenvalue weighted by atomic mass is 9.99. The molecule has 0 bridgehead atoms. The lowest BCUT2D eigenvalue weighted by Gasteiger charge is -2.42. The van der Waals surface area contributed by atoms with Crippen LogP contribution in [-0.2, 0) is 18.9 Å². The van der Waals surface area contributed by atoms with Crippen LogP contribution in [-0.4, -0.2) is 47.3 Å². The van der Waals surface area contributed by atoms with Gasteiger partial charge in [0.2, 0.25) is 0 Å². The minimum absolute atomic E-state index is 0.305. The molecule has 5 atom stereocenters. The van der Waals surface area contributed by atoms with E-state index >= 15 is 0 Å². The number of carbonyl (C=O) groups is 3. The Balaban J connectivity index is 1.63. The molecule has 1 saturated heterocycles. The fourth-order valence-corrected chi connectivity index (χ4v) is 4.43. The number of halogens is 1. The molecule has 0 aromatic heterocycles. The van der Waals surface area contributed by atoms with Crippen LogP contribution in [0.1, 0.15) is 38.0 Å². The van der Waals surface area contributed by atoms with Gasteiger partial charge in [-0.25, -0.2) is 14.4 Å². The number of hydrogen-bond acceptors (Lipinski definition) is 7. The molecule has 4 rings (SSSR count). The molecule has 0 radical (unpaired) electrons. The Hall–Kier alpha value is -3.49. The summed E-state index contributed by atoms with van der Waals surface area (Å²) < 4.78 is 23.2. The zero-order chi connectivity index (χ0) is 24.8. The highest BCUT2D eigenvalue weighted by Gasteiger charge is 2.50. The molecule has 1 fully saturated rings. The average Bonchev–Trinajstić information content (AvgIpc) is 2.89. The van der Waals surface area contributed by atoms with E-state index in [4.69, 9.17) is 18.9 Å². The van der Waals surface area contributed by atoms with Crippen LogP contribution < -0.4 is 0 Å². The predicted octanol–water partition coefficient (Wildman–Crippen LogP) is 4.80. The Morgan fingerprint density at radius 3 is 1.34 bits per heavy atom. The van der Waals surface area contributed by atoms with E-state index in [0.29, 0.717) is 16.7 Å². The van der Waals surface area contributed by atoms with Crippen molar-refractivity contribution in [3.63, 3.8) is 0 Å². The first kappa shape index (κ1) is 24.6. The lowest BCUT2D eigenvalue weighted by molar-refractivity contribution is -0.193. The van der Waals surface area contributed by atoms with Crippen LogP contribution in [0.15, 0.2) is 91.0 Å². The minimum atomic E-state index is -1.14. The monoisotopic (exact) mass is 538 g/mol. The van der Waals surface area contributed by atoms with Crippen molar-refractivity contribution in [1.29, 1.82) is 0 Å². The van der Waals surface area contributed by atoms with E-state index in [2.05, 4.69) is 15.9 Å². The first-order chi connectivity index (χ1) is 16.9. The second-order valence-corrected chi connectivity index (χ2v) is 8.80. The quantitative estimate of drug-likeness (QED) is 0.253. The van der Waals surface area contributed by atoms with Crippen LogP contribution >= 0.6 is 15.9 Å². The van der Waals surface area contributed by atoms with E-state index in [9.17, 15) is 14.4 Å². The topological polar surface area (TPSA) is 88.1 Å². The van der Waals surface area contributed by atoms with E-state index in [0.717, 1.165) is 0 Å². The standard InChI is InChI=1S/C27H23BrO7/c1-17-21(33-25(29)18-11-5-2-6-12-18)22(34-26(30)19-13-7-3-8-14-19)23(24(28)32-17)35-27(31)20-15-9-4-10-16-20/h2-17,21-24H,1H3/t17-,21-,22+,23-,24+/m0/s1. The molecule has 180 valence electrons. The first-order valence-electron chi connectivity index (χ1n) is 11.0. The van der Waals surface area contributed by atoms with Gasteiger partial charge in [-0.2, -0.15) is 0 Å². The Labute approximate surface area is 211 Å². The molecule has 3 aromatic carbocycles. The molecule has 8 heteroatoms. The van der Waals surface area contributed by atoms with E-state index in [1.807, 2.05) is 0 Å². The third-order valence-electron chi connectivity index (χ3n) is 5.47. The van der Waals surface area contributed by atoms with Crippen molar-refractivity contribution in [3.8, 4) is 0 Å². The number of rotatable bonds is 6. The molecule has 0 saturated carbocycles. The third-order valence-corrected chi connectivity index (χ3v) is 6.21. The summed E-state index contributed by atoms with van der Waals surface area (Å²) in [4.78, 5) is 38.7. The first-order valence-corrected chi connectivity index (χ1v) is 11.9. The zero-order valence-electron chi connectivity index (χ0n) is 18.8. The van der Waals surface area contributed by atoms with Gasteiger partial charge in [0.1, 0.15) is 0 Å². The summed E-state index contributed by atoms with van der Waals surface area (Å²) in [6, 6.07) is 25.2. The van der Waals surface area contributed by atoms with Gasteiger partial charge in [-0.3, -0.25) is 0 Å². The normalized spacial score (nSPS) is 23.7. The van der Waals surface area contributed by atoms with Crippen molar-refractivity contribution >= 4 is 33.8 Å². The Morgan fingerprint density at radius 1 is 0.600 bits per heavy atom. The predicted molar refractivity (Wildman–Crippen MR) is 130 cm³/mol. The van der Waals surface area contributed by atoms with Gasteiger partial charge in [-0.05, 0) is 43.3 Å². The molecule has 0 spiro atoms. The van der Waals surface area contributed by atoms with Crippen molar-refractivity contribution in [3.05, 3.63) is 108 Å². The van der Waals surface area contributed by atoms with Gasteiger partial charge in [0.25, 0.3) is 0 Å². The lowest BCUT2D eigenvalue weighted by Crippen LogP contribution is -2.59. The molecule has 0 aliphatic carbocycles. The van der Waals surface area contributed by atoms with E-state index < -0.39 is 47.3 Å². The Kier molecular flexibility index (Phi) is 7.94. The maximum Gasteiger partial charge on any atom is 0.338 e. The number of carbonyl (C=O) groups excluding carboxylic acids is 3. The van der Waals surface area contributed by atoms with Gasteiger partial charge in [-0.15, -0.1) is 0 Å². The van der Waals surface area contributed by atoms with Crippen LogP contribution in [0.5, 0.6) is 0 Å². The number of hydrogen-bond donors (Lipinski definition) is 0. The maximum atomic E-state index is 13.0. The van der Waals surface area contributed by atoms with Crippen molar-refractivity contribution < 1.29 is 33.3 Å². The number of benzene rings is 3. The Morgan fingerprint density at radius 2 is 0.943 bits per heavy atom. The summed E-state index contributed by atoms with van der Waals surface area (Å²) in [5.74, 6) is -1.90. The summed E-state index contributed by atoms with van der Waals surface area (Å²) in [5, 5.41) is -0.814. The molecule has 0 amide bonds. The molecule has 1 aliphatic rings. The molecule has 7 nitrogen and oxygen atoms in total. The van der Waals surface area contributed by atoms with Crippen LogP contribution in [0.3, 0.4) is 0 Å². The molecule has 35 heavy (non-hydrogen) atoms. The molecular weight excluding hydrogens is 516 g/mol. The smallest absolute Gasteiger partial charge is 0.338 e. The van der Waals surface area contributed by atoms with Crippen LogP contribution in [0.2, 0.25) is 0 Å². The maximum absolute atomic E-state index is 13.0. The zero-order valence-corrected chi connectivity index (χ0v) is 20.4. The summed E-state index contributed by atoms with van der Waals surface area (Å²) in [5.41, 5.74) is 0.947. The van der Waals surface area contributed by atoms with Crippen LogP contribution in [0.4, 0.5) is 0 Å². The summed E-state index contributed by atoms with van der Waals surface area (Å²) in [7, 11) is 0. The molecule has 1 heterocycles. The van der Waals surface area contributed by atoms with Gasteiger partial charge in [0.15, 0.2) is 23.3 Å². The third kappa shape index (κ3) is 5.96. The second kappa shape index (κ2) is 11.3. The van der Waals surface area contributed by atoms with Gasteiger partial charge in [-0.1, -0.05) is 70.5 Å². The van der Waals surface area contributed by atoms with Crippen LogP contribution in [0, 0.1) is 0 Å². The van der Waals surface area contributed by atoms with Crippen molar-refractivity contribution in [2.24, 2.45) is 0 Å². The molecule has 1 aliphatic heterocycles. The Bertz CT molecular complexity index is 1090. The van der Waals surface area contributed by atoms with Crippen LogP contribution in [0.25, 0.3) is 0 Å². The van der Waals surface area contributed by atoms with E-state index in [1.54, 1.807) is 97.9 Å². The largest absolute Gasteiger partial charge is 0.452 e. The molecule has 0 N–H and O–H groups in total. The van der Waals surface area contributed by atoms with Crippen molar-refractivity contribution in [2.75, 3.05) is 0 Å². The van der Waals surface area contributed by atoms with Gasteiger partial charge in [0, 0.05) is 0 Å². The van der Waals surface area contributed by atoms with E-state index in [1.165, 1.54) is 0 Å². The molecule has 3 aromatic rings. The SMILES string of the molecule is C[C@@H]1O[C@@H](Br)[C@@H](OC(=O)c2ccccc2)[C@H](OC(=O)c2ccccc2)[C@H]1OC(=O)c1ccccc1. The van der Waals surface area contributed by atoms with Gasteiger partial charge < -0.3 is 18.9 Å².